The highest BCUT2D eigenvalue weighted by Crippen LogP contribution is 2.26. The van der Waals surface area contributed by atoms with Gasteiger partial charge in [0.25, 0.3) is 5.91 Å². The number of rotatable bonds is 9. The Morgan fingerprint density at radius 1 is 1.10 bits per heavy atom. The largest absolute Gasteiger partial charge is 0.483 e. The summed E-state index contributed by atoms with van der Waals surface area (Å²) in [5.41, 5.74) is 1.72. The van der Waals surface area contributed by atoms with Gasteiger partial charge >= 0.3 is 0 Å². The molecule has 0 fully saturated rings. The number of hydrogen-bond acceptors (Lipinski definition) is 3. The third-order valence-corrected chi connectivity index (χ3v) is 5.35. The highest BCUT2D eigenvalue weighted by Gasteiger charge is 2.27. The van der Waals surface area contributed by atoms with Gasteiger partial charge < -0.3 is 15.0 Å². The molecule has 0 heterocycles. The van der Waals surface area contributed by atoms with Crippen LogP contribution in [0.1, 0.15) is 44.7 Å². The monoisotopic (exact) mass is 450 g/mol. The molecule has 0 aliphatic heterocycles. The number of benzene rings is 2. The Morgan fingerprint density at radius 2 is 1.80 bits per heavy atom. The minimum Gasteiger partial charge on any atom is -0.483 e. The number of ether oxygens (including phenoxy) is 1. The van der Waals surface area contributed by atoms with E-state index in [1.165, 1.54) is 4.90 Å². The molecule has 0 bridgehead atoms. The van der Waals surface area contributed by atoms with Gasteiger partial charge in [0.2, 0.25) is 5.91 Å². The Morgan fingerprint density at radius 3 is 2.43 bits per heavy atom. The van der Waals surface area contributed by atoms with Crippen molar-refractivity contribution in [1.82, 2.24) is 10.2 Å². The second-order valence-electron chi connectivity index (χ2n) is 7.31. The van der Waals surface area contributed by atoms with Gasteiger partial charge in [-0.2, -0.15) is 0 Å². The number of para-hydroxylation sites is 1. The summed E-state index contributed by atoms with van der Waals surface area (Å²) in [6, 6.07) is 12.0. The van der Waals surface area contributed by atoms with E-state index in [0.717, 1.165) is 5.56 Å². The predicted octanol–water partition coefficient (Wildman–Crippen LogP) is 5.05. The van der Waals surface area contributed by atoms with Crippen molar-refractivity contribution in [2.24, 2.45) is 0 Å². The molecule has 2 rings (SSSR count). The summed E-state index contributed by atoms with van der Waals surface area (Å²) < 4.78 is 5.84. The highest BCUT2D eigenvalue weighted by molar-refractivity contribution is 6.35. The molecular weight excluding hydrogens is 423 g/mol. The molecule has 2 aromatic carbocycles. The lowest BCUT2D eigenvalue weighted by Crippen LogP contribution is -2.49. The predicted molar refractivity (Wildman–Crippen MR) is 121 cm³/mol. The van der Waals surface area contributed by atoms with E-state index in [9.17, 15) is 9.59 Å². The van der Waals surface area contributed by atoms with E-state index in [4.69, 9.17) is 27.9 Å². The first-order valence-electron chi connectivity index (χ1n) is 9.97. The average Bonchev–Trinajstić information content (AvgIpc) is 2.71. The van der Waals surface area contributed by atoms with Crippen molar-refractivity contribution in [2.45, 2.75) is 46.2 Å². The van der Waals surface area contributed by atoms with Crippen molar-refractivity contribution < 1.29 is 14.3 Å². The van der Waals surface area contributed by atoms with E-state index >= 15 is 0 Å². The summed E-state index contributed by atoms with van der Waals surface area (Å²) in [6.45, 7) is 8.12. The Bertz CT molecular complexity index is 887. The van der Waals surface area contributed by atoms with Crippen molar-refractivity contribution in [1.29, 1.82) is 0 Å². The van der Waals surface area contributed by atoms with E-state index in [1.807, 2.05) is 31.2 Å². The number of halogens is 2. The van der Waals surface area contributed by atoms with E-state index < -0.39 is 6.04 Å². The van der Waals surface area contributed by atoms with Crippen LogP contribution in [-0.4, -0.2) is 35.9 Å². The van der Waals surface area contributed by atoms with Crippen LogP contribution in [0.15, 0.2) is 42.5 Å². The topological polar surface area (TPSA) is 58.6 Å². The molecule has 30 heavy (non-hydrogen) atoms. The quantitative estimate of drug-likeness (QED) is 0.581. The van der Waals surface area contributed by atoms with Crippen LogP contribution in [0.25, 0.3) is 0 Å². The van der Waals surface area contributed by atoms with Crippen LogP contribution < -0.4 is 10.1 Å². The molecule has 0 aliphatic carbocycles. The maximum atomic E-state index is 13.1. The fourth-order valence-electron chi connectivity index (χ4n) is 3.05. The number of nitrogens with one attached hydrogen (secondary N) is 1. The number of likely N-dealkylation sites (N-methyl/N-ethyl adjacent to an activating group) is 1. The van der Waals surface area contributed by atoms with E-state index in [1.54, 1.807) is 25.1 Å². The lowest BCUT2D eigenvalue weighted by molar-refractivity contribution is -0.142. The SMILES string of the molecule is CCNC(=O)[C@H](C)N(Cc1ccc(Cl)cc1Cl)C(=O)COc1ccccc1C(C)C. The zero-order chi connectivity index (χ0) is 22.3. The zero-order valence-corrected chi connectivity index (χ0v) is 19.3. The van der Waals surface area contributed by atoms with Gasteiger partial charge in [0.1, 0.15) is 11.8 Å². The minimum absolute atomic E-state index is 0.169. The molecule has 1 atom stereocenters. The number of hydrogen-bond donors (Lipinski definition) is 1. The molecule has 0 saturated carbocycles. The summed E-state index contributed by atoms with van der Waals surface area (Å²) in [5.74, 6) is 0.377. The van der Waals surface area contributed by atoms with Gasteiger partial charge in [-0.05, 0) is 49.1 Å². The number of amides is 2. The Balaban J connectivity index is 2.22. The molecule has 0 unspecified atom stereocenters. The van der Waals surface area contributed by atoms with Gasteiger partial charge in [0.05, 0.1) is 0 Å². The molecule has 162 valence electrons. The van der Waals surface area contributed by atoms with Crippen LogP contribution in [-0.2, 0) is 16.1 Å². The Hall–Kier alpha value is -2.24. The van der Waals surface area contributed by atoms with Crippen molar-refractivity contribution in [2.75, 3.05) is 13.2 Å². The van der Waals surface area contributed by atoms with Crippen LogP contribution in [0.3, 0.4) is 0 Å². The smallest absolute Gasteiger partial charge is 0.261 e. The Labute approximate surface area is 188 Å². The number of nitrogens with zero attached hydrogens (tertiary/aromatic N) is 1. The first kappa shape index (κ1) is 24.0. The number of carbonyl (C=O) groups excluding carboxylic acids is 2. The lowest BCUT2D eigenvalue weighted by atomic mass is 10.0. The van der Waals surface area contributed by atoms with Crippen LogP contribution in [0.4, 0.5) is 0 Å². The summed E-state index contributed by atoms with van der Waals surface area (Å²) in [6.07, 6.45) is 0. The van der Waals surface area contributed by atoms with E-state index in [-0.39, 0.29) is 30.9 Å². The third kappa shape index (κ3) is 6.38. The van der Waals surface area contributed by atoms with Crippen molar-refractivity contribution >= 4 is 35.0 Å². The second kappa shape index (κ2) is 11.2. The summed E-state index contributed by atoms with van der Waals surface area (Å²) in [4.78, 5) is 27.0. The van der Waals surface area contributed by atoms with Crippen LogP contribution in [0.2, 0.25) is 10.0 Å². The third-order valence-electron chi connectivity index (χ3n) is 4.77. The first-order valence-corrected chi connectivity index (χ1v) is 10.7. The molecule has 7 heteroatoms. The molecular formula is C23H28Cl2N2O3. The van der Waals surface area contributed by atoms with Gasteiger partial charge in [0, 0.05) is 23.1 Å². The molecule has 1 N–H and O–H groups in total. The van der Waals surface area contributed by atoms with Crippen LogP contribution in [0, 0.1) is 0 Å². The van der Waals surface area contributed by atoms with Gasteiger partial charge in [0.15, 0.2) is 6.61 Å². The summed E-state index contributed by atoms with van der Waals surface area (Å²) >= 11 is 12.3. The molecule has 2 aromatic rings. The van der Waals surface area contributed by atoms with Gasteiger partial charge in [-0.3, -0.25) is 9.59 Å². The van der Waals surface area contributed by atoms with Crippen molar-refractivity contribution in [3.63, 3.8) is 0 Å². The standard InChI is InChI=1S/C23H28Cl2N2O3/c1-5-26-23(29)16(4)27(13-17-10-11-18(24)12-20(17)25)22(28)14-30-21-9-7-6-8-19(21)15(2)3/h6-12,15-16H,5,13-14H2,1-4H3,(H,26,29)/t16-/m0/s1. The molecule has 0 aromatic heterocycles. The van der Waals surface area contributed by atoms with Crippen LogP contribution in [0.5, 0.6) is 5.75 Å². The molecule has 0 radical (unpaired) electrons. The average molecular weight is 451 g/mol. The summed E-state index contributed by atoms with van der Waals surface area (Å²) in [5, 5.41) is 3.71. The lowest BCUT2D eigenvalue weighted by Gasteiger charge is -2.29. The molecule has 2 amide bonds. The molecule has 0 saturated heterocycles. The molecule has 0 spiro atoms. The molecule has 0 aliphatic rings. The fraction of sp³-hybridized carbons (Fsp3) is 0.391. The van der Waals surface area contributed by atoms with Gasteiger partial charge in [-0.25, -0.2) is 0 Å². The minimum atomic E-state index is -0.687. The maximum absolute atomic E-state index is 13.1. The van der Waals surface area contributed by atoms with Crippen molar-refractivity contribution in [3.05, 3.63) is 63.6 Å². The molecule has 5 nitrogen and oxygen atoms in total. The van der Waals surface area contributed by atoms with E-state index in [0.29, 0.717) is 27.9 Å². The van der Waals surface area contributed by atoms with Crippen molar-refractivity contribution in [3.8, 4) is 5.75 Å². The fourth-order valence-corrected chi connectivity index (χ4v) is 3.52. The second-order valence-corrected chi connectivity index (χ2v) is 8.15. The number of carbonyl (C=O) groups is 2. The van der Waals surface area contributed by atoms with Crippen LogP contribution >= 0.6 is 23.2 Å². The first-order chi connectivity index (χ1) is 14.2. The zero-order valence-electron chi connectivity index (χ0n) is 17.7. The van der Waals surface area contributed by atoms with E-state index in [2.05, 4.69) is 19.2 Å². The summed E-state index contributed by atoms with van der Waals surface area (Å²) in [7, 11) is 0. The normalized spacial score (nSPS) is 11.8. The Kier molecular flexibility index (Phi) is 9.00. The van der Waals surface area contributed by atoms with Gasteiger partial charge in [-0.1, -0.05) is 61.3 Å². The maximum Gasteiger partial charge on any atom is 0.261 e. The highest BCUT2D eigenvalue weighted by atomic mass is 35.5. The van der Waals surface area contributed by atoms with Gasteiger partial charge in [-0.15, -0.1) is 0 Å².